The van der Waals surface area contributed by atoms with E-state index in [-0.39, 0.29) is 33.9 Å². The fourth-order valence-corrected chi connectivity index (χ4v) is 2.53. The Morgan fingerprint density at radius 3 is 1.13 bits per heavy atom. The van der Waals surface area contributed by atoms with Crippen molar-refractivity contribution in [1.82, 2.24) is 0 Å². The van der Waals surface area contributed by atoms with Crippen molar-refractivity contribution in [3.8, 4) is 11.5 Å². The Morgan fingerprint density at radius 2 is 0.806 bits per heavy atom. The van der Waals surface area contributed by atoms with E-state index in [1.807, 2.05) is 60.7 Å². The maximum absolute atomic E-state index is 8.06. The van der Waals surface area contributed by atoms with Crippen LogP contribution in [-0.2, 0) is 21.7 Å². The molecule has 0 bridgehead atoms. The average molecular weight is 454 g/mol. The van der Waals surface area contributed by atoms with Gasteiger partial charge in [0.1, 0.15) is 0 Å². The second kappa shape index (κ2) is 13.8. The van der Waals surface area contributed by atoms with Crippen LogP contribution in [0, 0.1) is 0 Å². The third-order valence-corrected chi connectivity index (χ3v) is 3.68. The predicted molar refractivity (Wildman–Crippen MR) is 124 cm³/mol. The van der Waals surface area contributed by atoms with Crippen LogP contribution in [-0.4, -0.2) is 22.4 Å². The van der Waals surface area contributed by atoms with Crippen LogP contribution in [0.5, 0.6) is 11.5 Å². The minimum atomic E-state index is -0.167. The Bertz CT molecular complexity index is 957. The summed E-state index contributed by atoms with van der Waals surface area (Å²) in [6, 6.07) is 28.1. The van der Waals surface area contributed by atoms with Gasteiger partial charge in [0, 0.05) is 33.9 Å². The molecule has 0 aromatic heterocycles. The monoisotopic (exact) mass is 454 g/mol. The van der Waals surface area contributed by atoms with Crippen LogP contribution in [0.4, 0.5) is 0 Å². The molecule has 162 valence electrons. The van der Waals surface area contributed by atoms with Gasteiger partial charge in [-0.05, 0) is 73.5 Å². The second-order valence-electron chi connectivity index (χ2n) is 7.37. The summed E-state index contributed by atoms with van der Waals surface area (Å²) in [6.45, 7) is 6.89. The summed E-state index contributed by atoms with van der Waals surface area (Å²) in [5.74, 6) is 1.37. The van der Waals surface area contributed by atoms with Crippen molar-refractivity contribution in [3.05, 3.63) is 84.9 Å². The smallest absolute Gasteiger partial charge is 0.179 e. The van der Waals surface area contributed by atoms with Crippen LogP contribution >= 0.6 is 0 Å². The number of hydrogen-bond acceptors (Lipinski definition) is 4. The van der Waals surface area contributed by atoms with Gasteiger partial charge < -0.3 is 10.2 Å². The summed E-state index contributed by atoms with van der Waals surface area (Å²) >= 11 is 0. The molecule has 4 rings (SSSR count). The number of hydrogen-bond donors (Lipinski definition) is 2. The molecule has 5 heteroatoms. The molecular formula is C26H30O4Ti. The maximum atomic E-state index is 8.06. The number of fused-ring (bicyclic) bond motifs is 2. The standard InChI is InChI=1S/C20H14O2.2C3H8O.Ti/c1-3-7-17-13-19(11-9-15(17)5-1)21-22-20-12-10-16-6-2-4-8-18(16)14-20;2*1-3(2)4;/h1-14H;2*3-4H,1-2H3;. The first-order valence-corrected chi connectivity index (χ1v) is 10.0. The van der Waals surface area contributed by atoms with Crippen molar-refractivity contribution >= 4 is 21.5 Å². The minimum Gasteiger partial charge on any atom is -0.394 e. The summed E-state index contributed by atoms with van der Waals surface area (Å²) < 4.78 is 0. The van der Waals surface area contributed by atoms with Crippen molar-refractivity contribution in [2.24, 2.45) is 0 Å². The van der Waals surface area contributed by atoms with E-state index < -0.39 is 0 Å². The molecule has 0 amide bonds. The molecule has 4 aromatic rings. The Balaban J connectivity index is 0.000000465. The van der Waals surface area contributed by atoms with Gasteiger partial charge in [-0.3, -0.25) is 9.78 Å². The van der Waals surface area contributed by atoms with Gasteiger partial charge in [-0.15, -0.1) is 0 Å². The van der Waals surface area contributed by atoms with Crippen molar-refractivity contribution < 1.29 is 41.7 Å². The zero-order valence-electron chi connectivity index (χ0n) is 18.4. The third kappa shape index (κ3) is 9.99. The van der Waals surface area contributed by atoms with Gasteiger partial charge in [0.05, 0.1) is 0 Å². The van der Waals surface area contributed by atoms with Gasteiger partial charge in [-0.1, -0.05) is 60.7 Å². The Kier molecular flexibility index (Phi) is 11.9. The molecule has 0 fully saturated rings. The molecule has 0 saturated heterocycles. The first-order valence-electron chi connectivity index (χ1n) is 10.0. The molecule has 4 aromatic carbocycles. The van der Waals surface area contributed by atoms with Crippen LogP contribution in [0.25, 0.3) is 21.5 Å². The third-order valence-electron chi connectivity index (χ3n) is 3.68. The first kappa shape index (κ1) is 26.7. The average Bonchev–Trinajstić information content (AvgIpc) is 2.71. The molecular weight excluding hydrogens is 424 g/mol. The second-order valence-corrected chi connectivity index (χ2v) is 7.37. The minimum absolute atomic E-state index is 0. The van der Waals surface area contributed by atoms with E-state index in [9.17, 15) is 0 Å². The molecule has 0 radical (unpaired) electrons. The summed E-state index contributed by atoms with van der Waals surface area (Å²) in [7, 11) is 0. The van der Waals surface area contributed by atoms with Crippen LogP contribution < -0.4 is 9.78 Å². The summed E-state index contributed by atoms with van der Waals surface area (Å²) in [5, 5.41) is 20.7. The molecule has 0 saturated carbocycles. The van der Waals surface area contributed by atoms with E-state index >= 15 is 0 Å². The predicted octanol–water partition coefficient (Wildman–Crippen LogP) is 6.14. The van der Waals surface area contributed by atoms with Gasteiger partial charge in [0.25, 0.3) is 0 Å². The number of aliphatic hydroxyl groups is 2. The molecule has 0 aliphatic rings. The van der Waals surface area contributed by atoms with Crippen LogP contribution in [0.2, 0.25) is 0 Å². The summed E-state index contributed by atoms with van der Waals surface area (Å²) in [5.41, 5.74) is 0. The maximum Gasteiger partial charge on any atom is 0.179 e. The SMILES string of the molecule is CC(C)O.CC(C)O.[Ti].c1ccc2cc(OOc3ccc4ccccc4c3)ccc2c1. The number of rotatable bonds is 3. The zero-order valence-corrected chi connectivity index (χ0v) is 20.0. The molecule has 31 heavy (non-hydrogen) atoms. The Labute approximate surface area is 199 Å². The normalized spacial score (nSPS) is 9.94. The van der Waals surface area contributed by atoms with E-state index in [4.69, 9.17) is 20.0 Å². The van der Waals surface area contributed by atoms with Crippen molar-refractivity contribution in [1.29, 1.82) is 0 Å². The van der Waals surface area contributed by atoms with E-state index in [0.717, 1.165) is 10.8 Å². The largest absolute Gasteiger partial charge is 0.394 e. The molecule has 0 aliphatic carbocycles. The fraction of sp³-hybridized carbons (Fsp3) is 0.231. The van der Waals surface area contributed by atoms with Crippen LogP contribution in [0.1, 0.15) is 27.7 Å². The van der Waals surface area contributed by atoms with E-state index in [1.54, 1.807) is 27.7 Å². The molecule has 0 aliphatic heterocycles. The molecule has 0 unspecified atom stereocenters. The van der Waals surface area contributed by atoms with E-state index in [1.165, 1.54) is 10.8 Å². The van der Waals surface area contributed by atoms with E-state index in [0.29, 0.717) is 11.5 Å². The van der Waals surface area contributed by atoms with Crippen molar-refractivity contribution in [2.75, 3.05) is 0 Å². The molecule has 0 spiro atoms. The van der Waals surface area contributed by atoms with Gasteiger partial charge in [0.2, 0.25) is 0 Å². The van der Waals surface area contributed by atoms with Gasteiger partial charge in [0.15, 0.2) is 11.5 Å². The quantitative estimate of drug-likeness (QED) is 0.222. The van der Waals surface area contributed by atoms with Gasteiger partial charge in [-0.25, -0.2) is 0 Å². The van der Waals surface area contributed by atoms with E-state index in [2.05, 4.69) is 24.3 Å². The molecule has 0 heterocycles. The summed E-state index contributed by atoms with van der Waals surface area (Å²) in [6.07, 6.45) is -0.333. The topological polar surface area (TPSA) is 58.9 Å². The first-order chi connectivity index (χ1) is 14.3. The number of aliphatic hydroxyl groups excluding tert-OH is 2. The van der Waals surface area contributed by atoms with Crippen molar-refractivity contribution in [2.45, 2.75) is 39.9 Å². The zero-order chi connectivity index (χ0) is 21.9. The van der Waals surface area contributed by atoms with Crippen molar-refractivity contribution in [3.63, 3.8) is 0 Å². The Morgan fingerprint density at radius 1 is 0.516 bits per heavy atom. The molecule has 2 N–H and O–H groups in total. The van der Waals surface area contributed by atoms with Crippen LogP contribution in [0.3, 0.4) is 0 Å². The number of benzene rings is 4. The molecule has 4 nitrogen and oxygen atoms in total. The summed E-state index contributed by atoms with van der Waals surface area (Å²) in [4.78, 5) is 10.9. The molecule has 0 atom stereocenters. The van der Waals surface area contributed by atoms with Gasteiger partial charge >= 0.3 is 0 Å². The Hall–Kier alpha value is -2.37. The van der Waals surface area contributed by atoms with Crippen LogP contribution in [0.15, 0.2) is 84.9 Å². The van der Waals surface area contributed by atoms with Gasteiger partial charge in [-0.2, -0.15) is 0 Å². The fourth-order valence-electron chi connectivity index (χ4n) is 2.53.